The zero-order valence-electron chi connectivity index (χ0n) is 11.6. The fraction of sp³-hybridized carbons (Fsp3) is 0.562. The van der Waals surface area contributed by atoms with Gasteiger partial charge in [-0.05, 0) is 24.8 Å². The monoisotopic (exact) mass is 246 g/mol. The first-order valence-electron chi connectivity index (χ1n) is 7.13. The van der Waals surface area contributed by atoms with Crippen LogP contribution in [0.15, 0.2) is 35.3 Å². The Balaban J connectivity index is 2.26. The third-order valence-electron chi connectivity index (χ3n) is 3.13. The predicted molar refractivity (Wildman–Crippen MR) is 80.3 cm³/mol. The summed E-state index contributed by atoms with van der Waals surface area (Å²) in [6.45, 7) is 3.77. The fourth-order valence-electron chi connectivity index (χ4n) is 1.95. The normalized spacial score (nSPS) is 11.8. The number of nitrogens with two attached hydrogens (primary N) is 1. The van der Waals surface area contributed by atoms with Gasteiger partial charge in [0.15, 0.2) is 0 Å². The minimum Gasteiger partial charge on any atom is -0.326 e. The smallest absolute Gasteiger partial charge is 0.0389 e. The lowest BCUT2D eigenvalue weighted by Gasteiger charge is -2.04. The van der Waals surface area contributed by atoms with E-state index in [1.165, 1.54) is 31.2 Å². The molecule has 100 valence electrons. The van der Waals surface area contributed by atoms with Gasteiger partial charge >= 0.3 is 0 Å². The SMILES string of the molecule is CCCCCCN=C(CN)CCc1ccccc1. The van der Waals surface area contributed by atoms with Gasteiger partial charge in [0.05, 0.1) is 0 Å². The first-order valence-corrected chi connectivity index (χ1v) is 7.13. The quantitative estimate of drug-likeness (QED) is 0.525. The molecular formula is C16H26N2. The van der Waals surface area contributed by atoms with Crippen LogP contribution in [0.5, 0.6) is 0 Å². The van der Waals surface area contributed by atoms with Crippen LogP contribution < -0.4 is 5.73 Å². The number of rotatable bonds is 9. The highest BCUT2D eigenvalue weighted by Gasteiger charge is 1.98. The highest BCUT2D eigenvalue weighted by Crippen LogP contribution is 2.04. The number of hydrogen-bond acceptors (Lipinski definition) is 2. The van der Waals surface area contributed by atoms with Crippen LogP contribution in [-0.4, -0.2) is 18.8 Å². The van der Waals surface area contributed by atoms with Crippen molar-refractivity contribution in [3.05, 3.63) is 35.9 Å². The maximum Gasteiger partial charge on any atom is 0.0389 e. The molecule has 2 N–H and O–H groups in total. The van der Waals surface area contributed by atoms with Crippen molar-refractivity contribution in [1.82, 2.24) is 0 Å². The molecule has 1 aromatic rings. The second kappa shape index (κ2) is 9.84. The summed E-state index contributed by atoms with van der Waals surface area (Å²) in [6.07, 6.45) is 7.12. The Labute approximate surface area is 111 Å². The molecule has 0 aliphatic carbocycles. The van der Waals surface area contributed by atoms with Gasteiger partial charge in [0.2, 0.25) is 0 Å². The molecule has 0 aliphatic heterocycles. The Morgan fingerprint density at radius 2 is 1.89 bits per heavy atom. The molecule has 0 atom stereocenters. The van der Waals surface area contributed by atoms with Crippen LogP contribution in [0.2, 0.25) is 0 Å². The van der Waals surface area contributed by atoms with Gasteiger partial charge < -0.3 is 5.73 Å². The van der Waals surface area contributed by atoms with Gasteiger partial charge in [0, 0.05) is 18.8 Å². The zero-order chi connectivity index (χ0) is 13.1. The second-order valence-electron chi connectivity index (χ2n) is 4.70. The molecule has 2 nitrogen and oxygen atoms in total. The molecule has 0 saturated heterocycles. The van der Waals surface area contributed by atoms with Gasteiger partial charge in [-0.25, -0.2) is 0 Å². The van der Waals surface area contributed by atoms with E-state index in [9.17, 15) is 0 Å². The maximum absolute atomic E-state index is 5.75. The summed E-state index contributed by atoms with van der Waals surface area (Å²) in [5.41, 5.74) is 8.27. The summed E-state index contributed by atoms with van der Waals surface area (Å²) in [7, 11) is 0. The van der Waals surface area contributed by atoms with Gasteiger partial charge in [-0.15, -0.1) is 0 Å². The van der Waals surface area contributed by atoms with Crippen molar-refractivity contribution < 1.29 is 0 Å². The molecule has 0 amide bonds. The number of hydrogen-bond donors (Lipinski definition) is 1. The lowest BCUT2D eigenvalue weighted by Crippen LogP contribution is -2.15. The number of unbranched alkanes of at least 4 members (excludes halogenated alkanes) is 3. The zero-order valence-corrected chi connectivity index (χ0v) is 11.6. The molecule has 0 aliphatic rings. The van der Waals surface area contributed by atoms with Gasteiger partial charge in [-0.2, -0.15) is 0 Å². The summed E-state index contributed by atoms with van der Waals surface area (Å²) < 4.78 is 0. The van der Waals surface area contributed by atoms with Gasteiger partial charge in [0.1, 0.15) is 0 Å². The highest BCUT2D eigenvalue weighted by molar-refractivity contribution is 5.86. The van der Waals surface area contributed by atoms with E-state index < -0.39 is 0 Å². The second-order valence-corrected chi connectivity index (χ2v) is 4.70. The van der Waals surface area contributed by atoms with E-state index in [1.54, 1.807) is 0 Å². The van der Waals surface area contributed by atoms with E-state index in [0.29, 0.717) is 6.54 Å². The molecule has 0 saturated carbocycles. The Morgan fingerprint density at radius 1 is 1.11 bits per heavy atom. The largest absolute Gasteiger partial charge is 0.326 e. The van der Waals surface area contributed by atoms with Crippen LogP contribution in [0, 0.1) is 0 Å². The molecular weight excluding hydrogens is 220 g/mol. The van der Waals surface area contributed by atoms with Crippen molar-refractivity contribution in [2.45, 2.75) is 45.4 Å². The molecule has 0 heterocycles. The molecule has 2 heteroatoms. The van der Waals surface area contributed by atoms with Crippen LogP contribution in [0.3, 0.4) is 0 Å². The minimum atomic E-state index is 0.598. The van der Waals surface area contributed by atoms with Gasteiger partial charge in [-0.1, -0.05) is 56.5 Å². The van der Waals surface area contributed by atoms with Crippen LogP contribution >= 0.6 is 0 Å². The number of benzene rings is 1. The minimum absolute atomic E-state index is 0.598. The molecule has 0 fully saturated rings. The number of aliphatic imine (C=N–C) groups is 1. The predicted octanol–water partition coefficient (Wildman–Crippen LogP) is 3.60. The number of aryl methyl sites for hydroxylation is 1. The first-order chi connectivity index (χ1) is 8.86. The van der Waals surface area contributed by atoms with E-state index in [1.807, 2.05) is 0 Å². The summed E-state index contributed by atoms with van der Waals surface area (Å²) in [5.74, 6) is 0. The topological polar surface area (TPSA) is 38.4 Å². The van der Waals surface area contributed by atoms with Crippen molar-refractivity contribution >= 4 is 5.71 Å². The third-order valence-corrected chi connectivity index (χ3v) is 3.13. The van der Waals surface area contributed by atoms with Crippen molar-refractivity contribution in [2.24, 2.45) is 10.7 Å². The van der Waals surface area contributed by atoms with Crippen LogP contribution in [-0.2, 0) is 6.42 Å². The van der Waals surface area contributed by atoms with Gasteiger partial charge in [-0.3, -0.25) is 4.99 Å². The average Bonchev–Trinajstić information content (AvgIpc) is 2.43. The first kappa shape index (κ1) is 14.9. The molecule has 0 unspecified atom stereocenters. The molecule has 1 aromatic carbocycles. The lowest BCUT2D eigenvalue weighted by atomic mass is 10.1. The fourth-order valence-corrected chi connectivity index (χ4v) is 1.95. The lowest BCUT2D eigenvalue weighted by molar-refractivity contribution is 0.674. The van der Waals surface area contributed by atoms with Crippen LogP contribution in [0.1, 0.15) is 44.6 Å². The number of nitrogens with zero attached hydrogens (tertiary/aromatic N) is 1. The summed E-state index contributed by atoms with van der Waals surface area (Å²) in [4.78, 5) is 4.62. The Hall–Kier alpha value is -1.15. The summed E-state index contributed by atoms with van der Waals surface area (Å²) in [6, 6.07) is 10.5. The molecule has 0 radical (unpaired) electrons. The third kappa shape index (κ3) is 6.55. The molecule has 0 spiro atoms. The molecule has 1 rings (SSSR count). The molecule has 18 heavy (non-hydrogen) atoms. The van der Waals surface area contributed by atoms with Crippen molar-refractivity contribution in [3.8, 4) is 0 Å². The maximum atomic E-state index is 5.75. The van der Waals surface area contributed by atoms with E-state index in [0.717, 1.165) is 25.1 Å². The highest BCUT2D eigenvalue weighted by atomic mass is 14.8. The van der Waals surface area contributed by atoms with Crippen molar-refractivity contribution in [2.75, 3.05) is 13.1 Å². The molecule has 0 aromatic heterocycles. The van der Waals surface area contributed by atoms with Gasteiger partial charge in [0.25, 0.3) is 0 Å². The van der Waals surface area contributed by atoms with Crippen LogP contribution in [0.4, 0.5) is 0 Å². The Bertz CT molecular complexity index is 330. The van der Waals surface area contributed by atoms with Crippen LogP contribution in [0.25, 0.3) is 0 Å². The average molecular weight is 246 g/mol. The van der Waals surface area contributed by atoms with E-state index in [-0.39, 0.29) is 0 Å². The van der Waals surface area contributed by atoms with Crippen molar-refractivity contribution in [1.29, 1.82) is 0 Å². The standard InChI is InChI=1S/C16H26N2/c1-2-3-4-8-13-18-16(14-17)12-11-15-9-6-5-7-10-15/h5-7,9-10H,2-4,8,11-14,17H2,1H3. The van der Waals surface area contributed by atoms with E-state index >= 15 is 0 Å². The Kier molecular flexibility index (Phi) is 8.15. The molecule has 0 bridgehead atoms. The van der Waals surface area contributed by atoms with E-state index in [2.05, 4.69) is 42.2 Å². The Morgan fingerprint density at radius 3 is 2.56 bits per heavy atom. The summed E-state index contributed by atoms with van der Waals surface area (Å²) >= 11 is 0. The summed E-state index contributed by atoms with van der Waals surface area (Å²) in [5, 5.41) is 0. The van der Waals surface area contributed by atoms with E-state index in [4.69, 9.17) is 5.73 Å². The van der Waals surface area contributed by atoms with Crippen molar-refractivity contribution in [3.63, 3.8) is 0 Å².